The van der Waals surface area contributed by atoms with Gasteiger partial charge in [0.1, 0.15) is 5.88 Å². The van der Waals surface area contributed by atoms with Crippen LogP contribution in [0.2, 0.25) is 0 Å². The standard InChI is InChI=1S/C16H22ClNO/c1-18(15(19)12-17)16(13-8-4-2-5-9-13)14-10-6-3-7-11-14/h2,4-5,8-9,14,16H,3,6-7,10-12H2,1H3/t16-/m0/s1. The third kappa shape index (κ3) is 3.50. The minimum atomic E-state index is 0.0149. The minimum absolute atomic E-state index is 0.0149. The van der Waals surface area contributed by atoms with Crippen LogP contribution >= 0.6 is 11.6 Å². The smallest absolute Gasteiger partial charge is 0.237 e. The van der Waals surface area contributed by atoms with Crippen LogP contribution < -0.4 is 0 Å². The molecular formula is C16H22ClNO. The highest BCUT2D eigenvalue weighted by atomic mass is 35.5. The topological polar surface area (TPSA) is 20.3 Å². The van der Waals surface area contributed by atoms with Crippen molar-refractivity contribution in [1.29, 1.82) is 0 Å². The molecular weight excluding hydrogens is 258 g/mol. The summed E-state index contributed by atoms with van der Waals surface area (Å²) in [5.74, 6) is 0.640. The number of nitrogens with zero attached hydrogens (tertiary/aromatic N) is 1. The number of halogens is 1. The molecule has 1 saturated carbocycles. The molecule has 0 spiro atoms. The Morgan fingerprint density at radius 3 is 2.47 bits per heavy atom. The van der Waals surface area contributed by atoms with Crippen molar-refractivity contribution in [3.05, 3.63) is 35.9 Å². The Labute approximate surface area is 120 Å². The molecule has 0 radical (unpaired) electrons. The number of carbonyl (C=O) groups is 1. The van der Waals surface area contributed by atoms with E-state index in [-0.39, 0.29) is 17.8 Å². The SMILES string of the molecule is CN(C(=O)CCl)[C@@H](c1ccccc1)C1CCCCC1. The van der Waals surface area contributed by atoms with Gasteiger partial charge in [-0.05, 0) is 24.3 Å². The monoisotopic (exact) mass is 279 g/mol. The van der Waals surface area contributed by atoms with Gasteiger partial charge < -0.3 is 4.90 Å². The van der Waals surface area contributed by atoms with E-state index in [4.69, 9.17) is 11.6 Å². The van der Waals surface area contributed by atoms with Crippen LogP contribution in [0.3, 0.4) is 0 Å². The number of amides is 1. The lowest BCUT2D eigenvalue weighted by Gasteiger charge is -2.37. The molecule has 0 aromatic heterocycles. The van der Waals surface area contributed by atoms with E-state index < -0.39 is 0 Å². The molecule has 0 bridgehead atoms. The summed E-state index contributed by atoms with van der Waals surface area (Å²) in [6.07, 6.45) is 6.29. The highest BCUT2D eigenvalue weighted by molar-refractivity contribution is 6.27. The van der Waals surface area contributed by atoms with Gasteiger partial charge in [0.25, 0.3) is 0 Å². The summed E-state index contributed by atoms with van der Waals surface area (Å²) in [7, 11) is 1.89. The second kappa shape index (κ2) is 6.95. The van der Waals surface area contributed by atoms with E-state index >= 15 is 0 Å². The Morgan fingerprint density at radius 1 is 1.26 bits per heavy atom. The van der Waals surface area contributed by atoms with Crippen LogP contribution in [0, 0.1) is 5.92 Å². The van der Waals surface area contributed by atoms with Gasteiger partial charge in [-0.1, -0.05) is 49.6 Å². The van der Waals surface area contributed by atoms with Crippen molar-refractivity contribution in [3.8, 4) is 0 Å². The Balaban J connectivity index is 2.24. The summed E-state index contributed by atoms with van der Waals surface area (Å²) in [6.45, 7) is 0. The molecule has 1 fully saturated rings. The molecule has 2 nitrogen and oxygen atoms in total. The lowest BCUT2D eigenvalue weighted by atomic mass is 9.80. The molecule has 0 saturated heterocycles. The molecule has 104 valence electrons. The van der Waals surface area contributed by atoms with E-state index in [1.807, 2.05) is 30.1 Å². The molecule has 1 atom stereocenters. The number of alkyl halides is 1. The maximum atomic E-state index is 12.0. The average Bonchev–Trinajstić information content (AvgIpc) is 2.49. The Hall–Kier alpha value is -1.02. The molecule has 1 aromatic carbocycles. The summed E-state index contributed by atoms with van der Waals surface area (Å²) in [5, 5.41) is 0. The van der Waals surface area contributed by atoms with Crippen molar-refractivity contribution in [3.63, 3.8) is 0 Å². The van der Waals surface area contributed by atoms with Gasteiger partial charge in [-0.2, -0.15) is 0 Å². The van der Waals surface area contributed by atoms with Gasteiger partial charge in [0.15, 0.2) is 0 Å². The second-order valence-electron chi connectivity index (χ2n) is 5.39. The van der Waals surface area contributed by atoms with Gasteiger partial charge in [0.05, 0.1) is 6.04 Å². The van der Waals surface area contributed by atoms with Crippen molar-refractivity contribution in [1.82, 2.24) is 4.90 Å². The van der Waals surface area contributed by atoms with E-state index in [0.29, 0.717) is 5.92 Å². The first-order valence-corrected chi connectivity index (χ1v) is 7.64. The van der Waals surface area contributed by atoms with E-state index in [2.05, 4.69) is 12.1 Å². The zero-order valence-corrected chi connectivity index (χ0v) is 12.3. The van der Waals surface area contributed by atoms with Crippen LogP contribution in [-0.2, 0) is 4.79 Å². The molecule has 3 heteroatoms. The molecule has 19 heavy (non-hydrogen) atoms. The van der Waals surface area contributed by atoms with Crippen molar-refractivity contribution < 1.29 is 4.79 Å². The van der Waals surface area contributed by atoms with Crippen molar-refractivity contribution >= 4 is 17.5 Å². The van der Waals surface area contributed by atoms with Gasteiger partial charge in [-0.3, -0.25) is 4.79 Å². The number of benzene rings is 1. The molecule has 0 aliphatic heterocycles. The van der Waals surface area contributed by atoms with Gasteiger partial charge in [0, 0.05) is 7.05 Å². The molecule has 1 amide bonds. The number of hydrogen-bond acceptors (Lipinski definition) is 1. The van der Waals surface area contributed by atoms with Crippen LogP contribution in [-0.4, -0.2) is 23.7 Å². The quantitative estimate of drug-likeness (QED) is 0.763. The predicted molar refractivity (Wildman–Crippen MR) is 79.2 cm³/mol. The number of hydrogen-bond donors (Lipinski definition) is 0. The third-order valence-electron chi connectivity index (χ3n) is 4.16. The lowest BCUT2D eigenvalue weighted by Crippen LogP contribution is -2.37. The van der Waals surface area contributed by atoms with Gasteiger partial charge in [0.2, 0.25) is 5.91 Å². The summed E-state index contributed by atoms with van der Waals surface area (Å²) < 4.78 is 0. The normalized spacial score (nSPS) is 18.0. The van der Waals surface area contributed by atoms with E-state index in [1.54, 1.807) is 0 Å². The van der Waals surface area contributed by atoms with Crippen molar-refractivity contribution in [2.45, 2.75) is 38.1 Å². The van der Waals surface area contributed by atoms with Crippen LogP contribution in [0.25, 0.3) is 0 Å². The largest absolute Gasteiger partial charge is 0.337 e. The van der Waals surface area contributed by atoms with Crippen LogP contribution in [0.1, 0.15) is 43.7 Å². The molecule has 1 aromatic rings. The number of carbonyl (C=O) groups excluding carboxylic acids is 1. The van der Waals surface area contributed by atoms with E-state index in [1.165, 1.54) is 37.7 Å². The summed E-state index contributed by atoms with van der Waals surface area (Å²) in [4.78, 5) is 13.8. The molecule has 0 N–H and O–H groups in total. The summed E-state index contributed by atoms with van der Waals surface area (Å²) >= 11 is 5.73. The fourth-order valence-corrected chi connectivity index (χ4v) is 3.35. The third-order valence-corrected chi connectivity index (χ3v) is 4.39. The fraction of sp³-hybridized carbons (Fsp3) is 0.562. The Morgan fingerprint density at radius 2 is 1.89 bits per heavy atom. The first-order chi connectivity index (χ1) is 9.24. The van der Waals surface area contributed by atoms with E-state index in [0.717, 1.165) is 0 Å². The molecule has 1 aliphatic carbocycles. The van der Waals surface area contributed by atoms with Gasteiger partial charge >= 0.3 is 0 Å². The molecule has 0 unspecified atom stereocenters. The highest BCUT2D eigenvalue weighted by Crippen LogP contribution is 2.37. The second-order valence-corrected chi connectivity index (χ2v) is 5.66. The lowest BCUT2D eigenvalue weighted by molar-refractivity contribution is -0.130. The molecule has 2 rings (SSSR count). The maximum absolute atomic E-state index is 12.0. The first kappa shape index (κ1) is 14.4. The summed E-state index contributed by atoms with van der Waals surface area (Å²) in [5.41, 5.74) is 1.23. The number of rotatable bonds is 4. The maximum Gasteiger partial charge on any atom is 0.237 e. The van der Waals surface area contributed by atoms with Gasteiger partial charge in [-0.25, -0.2) is 0 Å². The zero-order valence-electron chi connectivity index (χ0n) is 11.5. The molecule has 1 aliphatic rings. The van der Waals surface area contributed by atoms with Crippen LogP contribution in [0.15, 0.2) is 30.3 Å². The zero-order chi connectivity index (χ0) is 13.7. The van der Waals surface area contributed by atoms with Crippen molar-refractivity contribution in [2.75, 3.05) is 12.9 Å². The summed E-state index contributed by atoms with van der Waals surface area (Å²) in [6, 6.07) is 10.5. The predicted octanol–water partition coefficient (Wildman–Crippen LogP) is 4.01. The van der Waals surface area contributed by atoms with Crippen molar-refractivity contribution in [2.24, 2.45) is 5.92 Å². The average molecular weight is 280 g/mol. The molecule has 0 heterocycles. The highest BCUT2D eigenvalue weighted by Gasteiger charge is 2.30. The Bertz CT molecular complexity index is 400. The first-order valence-electron chi connectivity index (χ1n) is 7.10. The van der Waals surface area contributed by atoms with Gasteiger partial charge in [-0.15, -0.1) is 11.6 Å². The van der Waals surface area contributed by atoms with E-state index in [9.17, 15) is 4.79 Å². The fourth-order valence-electron chi connectivity index (χ4n) is 3.16. The minimum Gasteiger partial charge on any atom is -0.337 e. The van der Waals surface area contributed by atoms with Crippen LogP contribution in [0.5, 0.6) is 0 Å². The van der Waals surface area contributed by atoms with Crippen LogP contribution in [0.4, 0.5) is 0 Å². The Kier molecular flexibility index (Phi) is 5.26.